The van der Waals surface area contributed by atoms with Crippen molar-refractivity contribution < 1.29 is 14.6 Å². The molecule has 6 nitrogen and oxygen atoms in total. The highest BCUT2D eigenvalue weighted by Gasteiger charge is 2.22. The maximum atomic E-state index is 10.9. The molecule has 1 aliphatic rings. The lowest BCUT2D eigenvalue weighted by molar-refractivity contribution is -0.138. The second kappa shape index (κ2) is 8.53. The molecule has 0 radical (unpaired) electrons. The van der Waals surface area contributed by atoms with E-state index in [4.69, 9.17) is 9.84 Å². The molecule has 0 saturated carbocycles. The summed E-state index contributed by atoms with van der Waals surface area (Å²) >= 11 is 0. The Labute approximate surface area is 171 Å². The Hall–Kier alpha value is -2.41. The first-order valence-electron chi connectivity index (χ1n) is 10.3. The van der Waals surface area contributed by atoms with E-state index in [0.29, 0.717) is 13.2 Å². The van der Waals surface area contributed by atoms with Crippen LogP contribution in [0, 0.1) is 0 Å². The first kappa shape index (κ1) is 19.9. The van der Waals surface area contributed by atoms with Gasteiger partial charge in [0.1, 0.15) is 0 Å². The summed E-state index contributed by atoms with van der Waals surface area (Å²) in [6, 6.07) is 15.4. The largest absolute Gasteiger partial charge is 0.480 e. The monoisotopic (exact) mass is 395 g/mol. The van der Waals surface area contributed by atoms with Gasteiger partial charge in [0.25, 0.3) is 0 Å². The molecule has 1 N–H and O–H groups in total. The summed E-state index contributed by atoms with van der Waals surface area (Å²) in [7, 11) is 1.83. The smallest absolute Gasteiger partial charge is 0.317 e. The quantitative estimate of drug-likeness (QED) is 0.666. The molecule has 0 spiro atoms. The minimum atomic E-state index is -0.806. The average Bonchev–Trinajstić information content (AvgIpc) is 3.00. The molecule has 1 aliphatic heterocycles. The summed E-state index contributed by atoms with van der Waals surface area (Å²) in [4.78, 5) is 15.1. The van der Waals surface area contributed by atoms with E-state index in [1.54, 1.807) is 0 Å². The van der Waals surface area contributed by atoms with Crippen LogP contribution in [-0.4, -0.2) is 71.4 Å². The second-order valence-electron chi connectivity index (χ2n) is 7.93. The molecule has 3 aromatic rings. The number of nitrogens with zero attached hydrogens (tertiary/aromatic N) is 3. The normalized spacial score (nSPS) is 18.1. The first-order chi connectivity index (χ1) is 14.0. The van der Waals surface area contributed by atoms with Gasteiger partial charge < -0.3 is 14.4 Å². The maximum Gasteiger partial charge on any atom is 0.317 e. The maximum absolute atomic E-state index is 10.9. The van der Waals surface area contributed by atoms with E-state index in [9.17, 15) is 4.79 Å². The summed E-state index contributed by atoms with van der Waals surface area (Å²) in [5, 5.41) is 11.6. The molecule has 1 fully saturated rings. The van der Waals surface area contributed by atoms with E-state index in [1.807, 2.05) is 11.9 Å². The summed E-state index contributed by atoms with van der Waals surface area (Å²) in [5.41, 5.74) is 3.87. The molecule has 4 rings (SSSR count). The van der Waals surface area contributed by atoms with Crippen LogP contribution in [-0.2, 0) is 22.6 Å². The lowest BCUT2D eigenvalue weighted by atomic mass is 10.1. The first-order valence-corrected chi connectivity index (χ1v) is 10.3. The van der Waals surface area contributed by atoms with Crippen LogP contribution in [0.2, 0.25) is 0 Å². The summed E-state index contributed by atoms with van der Waals surface area (Å²) in [6.07, 6.45) is 0.0406. The van der Waals surface area contributed by atoms with Crippen LogP contribution in [0.15, 0.2) is 42.5 Å². The summed E-state index contributed by atoms with van der Waals surface area (Å²) in [5.74, 6) is -0.806. The van der Waals surface area contributed by atoms with E-state index >= 15 is 0 Å². The number of carboxylic acids is 1. The van der Waals surface area contributed by atoms with Crippen molar-refractivity contribution in [1.29, 1.82) is 0 Å². The highest BCUT2D eigenvalue weighted by molar-refractivity contribution is 6.08. The lowest BCUT2D eigenvalue weighted by Gasteiger charge is -2.34. The van der Waals surface area contributed by atoms with Crippen LogP contribution in [0.3, 0.4) is 0 Å². The number of hydrogen-bond acceptors (Lipinski definition) is 4. The van der Waals surface area contributed by atoms with Crippen LogP contribution in [0.1, 0.15) is 12.5 Å². The fourth-order valence-corrected chi connectivity index (χ4v) is 4.48. The van der Waals surface area contributed by atoms with Crippen molar-refractivity contribution in [3.05, 3.63) is 48.0 Å². The third-order valence-electron chi connectivity index (χ3n) is 5.70. The summed E-state index contributed by atoms with van der Waals surface area (Å²) < 4.78 is 8.24. The SMILES string of the molecule is CCn1c2ccccc2c2cc(CN3CCOC(CN(C)CC(=O)O)C3)ccc21. The van der Waals surface area contributed by atoms with Gasteiger partial charge in [-0.2, -0.15) is 0 Å². The van der Waals surface area contributed by atoms with Crippen molar-refractivity contribution in [3.63, 3.8) is 0 Å². The van der Waals surface area contributed by atoms with Gasteiger partial charge in [0.05, 0.1) is 19.3 Å². The molecule has 0 bridgehead atoms. The number of hydrogen-bond donors (Lipinski definition) is 1. The zero-order valence-corrected chi connectivity index (χ0v) is 17.2. The van der Waals surface area contributed by atoms with Crippen LogP contribution in [0.4, 0.5) is 0 Å². The van der Waals surface area contributed by atoms with Crippen molar-refractivity contribution in [1.82, 2.24) is 14.4 Å². The van der Waals surface area contributed by atoms with Crippen molar-refractivity contribution in [2.45, 2.75) is 26.1 Å². The van der Waals surface area contributed by atoms with E-state index in [2.05, 4.69) is 58.9 Å². The van der Waals surface area contributed by atoms with E-state index in [1.165, 1.54) is 27.4 Å². The molecule has 2 heterocycles. The van der Waals surface area contributed by atoms with Gasteiger partial charge in [-0.15, -0.1) is 0 Å². The zero-order valence-electron chi connectivity index (χ0n) is 17.2. The van der Waals surface area contributed by atoms with Gasteiger partial charge in [-0.1, -0.05) is 24.3 Å². The van der Waals surface area contributed by atoms with Gasteiger partial charge in [-0.25, -0.2) is 0 Å². The standard InChI is InChI=1S/C23H29N3O3/c1-3-26-21-7-5-4-6-19(21)20-12-17(8-9-22(20)26)13-25-10-11-29-18(15-25)14-24(2)16-23(27)28/h4-9,12,18H,3,10-11,13-16H2,1-2H3,(H,27,28). The molecule has 2 aromatic carbocycles. The Kier molecular flexibility index (Phi) is 5.85. The number of fused-ring (bicyclic) bond motifs is 3. The number of rotatable bonds is 7. The number of aromatic nitrogens is 1. The van der Waals surface area contributed by atoms with Gasteiger partial charge in [0.15, 0.2) is 0 Å². The van der Waals surface area contributed by atoms with E-state index in [0.717, 1.165) is 26.2 Å². The Balaban J connectivity index is 1.50. The van der Waals surface area contributed by atoms with Crippen LogP contribution in [0.25, 0.3) is 21.8 Å². The molecule has 0 amide bonds. The number of benzene rings is 2. The number of aliphatic carboxylic acids is 1. The highest BCUT2D eigenvalue weighted by atomic mass is 16.5. The van der Waals surface area contributed by atoms with E-state index < -0.39 is 5.97 Å². The van der Waals surface area contributed by atoms with E-state index in [-0.39, 0.29) is 12.6 Å². The fraction of sp³-hybridized carbons (Fsp3) is 0.435. The minimum absolute atomic E-state index is 0.0397. The van der Waals surface area contributed by atoms with Crippen molar-refractivity contribution in [2.75, 3.05) is 39.8 Å². The number of aryl methyl sites for hydroxylation is 1. The third kappa shape index (κ3) is 4.29. The Bertz CT molecular complexity index is 1010. The van der Waals surface area contributed by atoms with Gasteiger partial charge in [0.2, 0.25) is 0 Å². The fourth-order valence-electron chi connectivity index (χ4n) is 4.48. The molecule has 1 unspecified atom stereocenters. The Morgan fingerprint density at radius 1 is 1.21 bits per heavy atom. The molecular weight excluding hydrogens is 366 g/mol. The lowest BCUT2D eigenvalue weighted by Crippen LogP contribution is -2.47. The number of likely N-dealkylation sites (N-methyl/N-ethyl adjacent to an activating group) is 1. The van der Waals surface area contributed by atoms with Gasteiger partial charge in [0, 0.05) is 54.5 Å². The van der Waals surface area contributed by atoms with Gasteiger partial charge >= 0.3 is 5.97 Å². The predicted octanol–water partition coefficient (Wildman–Crippen LogP) is 3.03. The second-order valence-corrected chi connectivity index (χ2v) is 7.93. The number of carbonyl (C=O) groups is 1. The summed E-state index contributed by atoms with van der Waals surface area (Å²) in [6.45, 7) is 7.09. The molecular formula is C23H29N3O3. The van der Waals surface area contributed by atoms with Gasteiger partial charge in [-0.3, -0.25) is 14.6 Å². The molecule has 1 saturated heterocycles. The highest BCUT2D eigenvalue weighted by Crippen LogP contribution is 2.30. The van der Waals surface area contributed by atoms with Crippen molar-refractivity contribution >= 4 is 27.8 Å². The Morgan fingerprint density at radius 3 is 2.79 bits per heavy atom. The number of morpholine rings is 1. The molecule has 0 aliphatic carbocycles. The Morgan fingerprint density at radius 2 is 2.00 bits per heavy atom. The molecule has 154 valence electrons. The molecule has 29 heavy (non-hydrogen) atoms. The minimum Gasteiger partial charge on any atom is -0.480 e. The predicted molar refractivity (Wildman–Crippen MR) is 115 cm³/mol. The van der Waals surface area contributed by atoms with Crippen LogP contribution >= 0.6 is 0 Å². The number of carboxylic acid groups (broad SMARTS) is 1. The molecule has 6 heteroatoms. The van der Waals surface area contributed by atoms with Crippen molar-refractivity contribution in [2.24, 2.45) is 0 Å². The third-order valence-corrected chi connectivity index (χ3v) is 5.70. The molecule has 1 atom stereocenters. The zero-order chi connectivity index (χ0) is 20.4. The van der Waals surface area contributed by atoms with Crippen LogP contribution in [0.5, 0.6) is 0 Å². The van der Waals surface area contributed by atoms with Gasteiger partial charge in [-0.05, 0) is 37.7 Å². The average molecular weight is 396 g/mol. The van der Waals surface area contributed by atoms with Crippen molar-refractivity contribution in [3.8, 4) is 0 Å². The number of ether oxygens (including phenoxy) is 1. The topological polar surface area (TPSA) is 57.9 Å². The molecule has 1 aromatic heterocycles. The van der Waals surface area contributed by atoms with Crippen LogP contribution < -0.4 is 0 Å². The number of para-hydroxylation sites is 1.